The average molecular weight is 173 g/mol. The van der Waals surface area contributed by atoms with E-state index in [1.165, 1.54) is 0 Å². The van der Waals surface area contributed by atoms with Crippen LogP contribution >= 0.6 is 0 Å². The summed E-state index contributed by atoms with van der Waals surface area (Å²) in [6.45, 7) is 4.41. The molecule has 2 aliphatic heterocycles. The Balaban J connectivity index is 2.08. The number of aliphatic hydroxyl groups excluding tert-OH is 1. The van der Waals surface area contributed by atoms with Crippen molar-refractivity contribution in [3.63, 3.8) is 0 Å². The van der Waals surface area contributed by atoms with Gasteiger partial charge in [0.1, 0.15) is 11.9 Å². The molecule has 1 unspecified atom stereocenters. The molecule has 0 aromatic rings. The van der Waals surface area contributed by atoms with E-state index in [0.29, 0.717) is 19.4 Å². The number of halogens is 1. The molecule has 3 rings (SSSR count). The second-order valence-electron chi connectivity index (χ2n) is 4.50. The Labute approximate surface area is 72.4 Å². The smallest absolute Gasteiger partial charge is 0.124 e. The predicted octanol–water partition coefficient (Wildman–Crippen LogP) is 1.15. The molecule has 3 aliphatic rings. The largest absolute Gasteiger partial charge is 0.378 e. The fraction of sp³-hybridized carbons (Fsp3) is 1.00. The summed E-state index contributed by atoms with van der Waals surface area (Å²) in [6.07, 6.45) is 0.733. The summed E-state index contributed by atoms with van der Waals surface area (Å²) in [6, 6.07) is 0.248. The fourth-order valence-electron chi connectivity index (χ4n) is 2.40. The van der Waals surface area contributed by atoms with Crippen molar-refractivity contribution < 1.29 is 9.50 Å². The van der Waals surface area contributed by atoms with Crippen molar-refractivity contribution in [3.8, 4) is 0 Å². The van der Waals surface area contributed by atoms with Crippen molar-refractivity contribution >= 4 is 0 Å². The zero-order valence-electron chi connectivity index (χ0n) is 7.63. The lowest BCUT2D eigenvalue weighted by atomic mass is 9.67. The molecule has 2 bridgehead atoms. The molecule has 0 aromatic heterocycles. The van der Waals surface area contributed by atoms with E-state index in [9.17, 15) is 9.50 Å². The van der Waals surface area contributed by atoms with Crippen LogP contribution in [0.15, 0.2) is 0 Å². The minimum Gasteiger partial charge on any atom is -0.378 e. The van der Waals surface area contributed by atoms with Crippen LogP contribution in [0.1, 0.15) is 26.7 Å². The summed E-state index contributed by atoms with van der Waals surface area (Å²) in [5, 5.41) is 9.72. The van der Waals surface area contributed by atoms with Gasteiger partial charge in [0.15, 0.2) is 0 Å². The third kappa shape index (κ3) is 1.07. The van der Waals surface area contributed by atoms with Crippen LogP contribution in [0.3, 0.4) is 0 Å². The third-order valence-corrected chi connectivity index (χ3v) is 3.15. The Morgan fingerprint density at radius 3 is 2.50 bits per heavy atom. The Bertz CT molecular complexity index is 189. The molecule has 2 heterocycles. The first-order valence-electron chi connectivity index (χ1n) is 4.64. The van der Waals surface area contributed by atoms with Gasteiger partial charge < -0.3 is 5.11 Å². The molecule has 12 heavy (non-hydrogen) atoms. The van der Waals surface area contributed by atoms with Crippen LogP contribution in [0.2, 0.25) is 0 Å². The van der Waals surface area contributed by atoms with Crippen LogP contribution in [0.4, 0.5) is 4.39 Å². The molecular weight excluding hydrogens is 157 g/mol. The highest BCUT2D eigenvalue weighted by molar-refractivity contribution is 5.04. The lowest BCUT2D eigenvalue weighted by Gasteiger charge is -2.55. The molecule has 1 saturated carbocycles. The monoisotopic (exact) mass is 173 g/mol. The van der Waals surface area contributed by atoms with Gasteiger partial charge in [-0.15, -0.1) is 0 Å². The number of piperidine rings is 2. The topological polar surface area (TPSA) is 23.5 Å². The van der Waals surface area contributed by atoms with E-state index in [1.807, 2.05) is 18.7 Å². The molecule has 70 valence electrons. The normalized spacial score (nSPS) is 47.8. The first kappa shape index (κ1) is 8.45. The lowest BCUT2D eigenvalue weighted by Crippen LogP contribution is -2.65. The lowest BCUT2D eigenvalue weighted by molar-refractivity contribution is -0.199. The summed E-state index contributed by atoms with van der Waals surface area (Å²) in [5.74, 6) is 0.186. The quantitative estimate of drug-likeness (QED) is 0.643. The van der Waals surface area contributed by atoms with Crippen LogP contribution in [-0.2, 0) is 0 Å². The number of aliphatic hydroxyl groups is 1. The Hall–Kier alpha value is -0.150. The minimum absolute atomic E-state index is 0.186. The second kappa shape index (κ2) is 2.42. The average Bonchev–Trinajstić information content (AvgIpc) is 1.91. The zero-order valence-corrected chi connectivity index (χ0v) is 7.63. The van der Waals surface area contributed by atoms with Gasteiger partial charge in [-0.1, -0.05) is 0 Å². The standard InChI is InChI=1S/C9H16FNO/c1-6(2)11-5-9(10)3-7(4-9)8(11)12/h6-8,12H,3-5H2,1-2H3. The van der Waals surface area contributed by atoms with E-state index in [2.05, 4.69) is 0 Å². The highest BCUT2D eigenvalue weighted by Crippen LogP contribution is 2.49. The van der Waals surface area contributed by atoms with Gasteiger partial charge in [-0.2, -0.15) is 0 Å². The van der Waals surface area contributed by atoms with E-state index in [-0.39, 0.29) is 12.0 Å². The van der Waals surface area contributed by atoms with E-state index < -0.39 is 11.9 Å². The van der Waals surface area contributed by atoms with Crippen molar-refractivity contribution in [2.75, 3.05) is 6.54 Å². The maximum Gasteiger partial charge on any atom is 0.124 e. The van der Waals surface area contributed by atoms with Gasteiger partial charge in [0, 0.05) is 18.5 Å². The number of fused-ring (bicyclic) bond motifs is 2. The van der Waals surface area contributed by atoms with E-state index >= 15 is 0 Å². The summed E-state index contributed by atoms with van der Waals surface area (Å²) in [4.78, 5) is 1.86. The number of nitrogens with zero attached hydrogens (tertiary/aromatic N) is 1. The van der Waals surface area contributed by atoms with Crippen LogP contribution < -0.4 is 0 Å². The fourth-order valence-corrected chi connectivity index (χ4v) is 2.40. The van der Waals surface area contributed by atoms with Gasteiger partial charge in [0.05, 0.1) is 0 Å². The molecule has 2 nitrogen and oxygen atoms in total. The Kier molecular flexibility index (Phi) is 1.70. The molecule has 2 saturated heterocycles. The highest BCUT2D eigenvalue weighted by Gasteiger charge is 2.55. The van der Waals surface area contributed by atoms with Crippen LogP contribution in [0, 0.1) is 5.92 Å². The summed E-state index contributed by atoms with van der Waals surface area (Å²) >= 11 is 0. The number of alkyl halides is 1. The number of hydrogen-bond acceptors (Lipinski definition) is 2. The highest BCUT2D eigenvalue weighted by atomic mass is 19.1. The summed E-state index contributed by atoms with van der Waals surface area (Å²) in [7, 11) is 0. The van der Waals surface area contributed by atoms with E-state index in [1.54, 1.807) is 0 Å². The van der Waals surface area contributed by atoms with Crippen LogP contribution in [0.5, 0.6) is 0 Å². The Morgan fingerprint density at radius 2 is 2.08 bits per heavy atom. The van der Waals surface area contributed by atoms with Gasteiger partial charge in [0.25, 0.3) is 0 Å². The van der Waals surface area contributed by atoms with Crippen LogP contribution in [0.25, 0.3) is 0 Å². The molecule has 0 radical (unpaired) electrons. The number of rotatable bonds is 1. The van der Waals surface area contributed by atoms with Gasteiger partial charge in [-0.25, -0.2) is 4.39 Å². The minimum atomic E-state index is -0.978. The predicted molar refractivity (Wildman–Crippen MR) is 44.4 cm³/mol. The van der Waals surface area contributed by atoms with E-state index in [4.69, 9.17) is 0 Å². The van der Waals surface area contributed by atoms with Crippen molar-refractivity contribution in [1.29, 1.82) is 0 Å². The van der Waals surface area contributed by atoms with Crippen molar-refractivity contribution in [1.82, 2.24) is 4.90 Å². The molecule has 3 fully saturated rings. The first-order chi connectivity index (χ1) is 5.52. The van der Waals surface area contributed by atoms with Crippen molar-refractivity contribution in [2.45, 2.75) is 44.6 Å². The molecule has 1 N–H and O–H groups in total. The first-order valence-corrected chi connectivity index (χ1v) is 4.64. The van der Waals surface area contributed by atoms with Crippen molar-refractivity contribution in [3.05, 3.63) is 0 Å². The second-order valence-corrected chi connectivity index (χ2v) is 4.50. The van der Waals surface area contributed by atoms with Crippen LogP contribution in [-0.4, -0.2) is 34.5 Å². The zero-order chi connectivity index (χ0) is 8.93. The molecule has 1 aliphatic carbocycles. The molecule has 1 atom stereocenters. The van der Waals surface area contributed by atoms with E-state index in [0.717, 1.165) is 0 Å². The van der Waals surface area contributed by atoms with Gasteiger partial charge in [0.2, 0.25) is 0 Å². The van der Waals surface area contributed by atoms with Gasteiger partial charge in [-0.3, -0.25) is 4.90 Å². The third-order valence-electron chi connectivity index (χ3n) is 3.15. The molecular formula is C9H16FNO. The molecule has 0 aromatic carbocycles. The van der Waals surface area contributed by atoms with Gasteiger partial charge >= 0.3 is 0 Å². The number of hydrogen-bond donors (Lipinski definition) is 1. The van der Waals surface area contributed by atoms with Gasteiger partial charge in [-0.05, 0) is 26.7 Å². The summed E-state index contributed by atoms with van der Waals surface area (Å²) in [5.41, 5.74) is -0.978. The van der Waals surface area contributed by atoms with Crippen molar-refractivity contribution in [2.24, 2.45) is 5.92 Å². The maximum atomic E-state index is 13.6. The SMILES string of the molecule is CC(C)N1CC2(F)CC(C2)C1O. The summed E-state index contributed by atoms with van der Waals surface area (Å²) < 4.78 is 13.6. The Morgan fingerprint density at radius 1 is 1.50 bits per heavy atom. The molecule has 0 amide bonds. The maximum absolute atomic E-state index is 13.6. The molecule has 3 heteroatoms. The molecule has 0 spiro atoms.